The number of aliphatic hydroxyl groups is 4. The number of phosphoric ester groups is 1. The molecule has 2 rings (SSSR count). The van der Waals surface area contributed by atoms with E-state index in [-0.39, 0.29) is 5.56 Å². The normalized spacial score (nSPS) is 23.9. The molecule has 1 aliphatic rings. The lowest BCUT2D eigenvalue weighted by Gasteiger charge is -2.13. The number of aromatic nitrogens is 1. The molecule has 18 nitrogen and oxygen atoms in total. The lowest BCUT2D eigenvalue weighted by molar-refractivity contribution is -0.765. The summed E-state index contributed by atoms with van der Waals surface area (Å²) in [5, 5.41) is 63.7. The van der Waals surface area contributed by atoms with Crippen LogP contribution in [0.2, 0.25) is 0 Å². The standard InChI is InChI=1S/C11H14NO9P.2C4H9NO3/c13-8-7(5-20-22(17,18)19)21-10(9(8)14)12-3-1-2-6(4-12)11(15)16;2*1-2(6)3(5)4(7)8/h1-4,7-10,13-14H,5H2,(H2-,15,16,17,18,19);2*2-3,6H,5H2,1H3,(H,7,8)/t7-,8-,9-,10-;;/m1../s1. The number of ether oxygens (including phenoxy) is 1. The van der Waals surface area contributed by atoms with Gasteiger partial charge in [-0.2, -0.15) is 4.57 Å². The second kappa shape index (κ2) is 15.7. The Labute approximate surface area is 215 Å². The number of carbonyl (C=O) groups is 3. The number of phosphoric acid groups is 1. The van der Waals surface area contributed by atoms with Crippen molar-refractivity contribution in [2.75, 3.05) is 6.61 Å². The van der Waals surface area contributed by atoms with Crippen LogP contribution in [0.3, 0.4) is 0 Å². The van der Waals surface area contributed by atoms with Crippen molar-refractivity contribution < 1.29 is 78.3 Å². The summed E-state index contributed by atoms with van der Waals surface area (Å²) in [6.07, 6.45) is -4.64. The van der Waals surface area contributed by atoms with Crippen LogP contribution in [-0.4, -0.2) is 108 Å². The van der Waals surface area contributed by atoms with Crippen molar-refractivity contribution in [3.05, 3.63) is 30.1 Å². The zero-order chi connectivity index (χ0) is 30.0. The summed E-state index contributed by atoms with van der Waals surface area (Å²) in [6, 6.07) is 0.343. The molecule has 0 saturated carbocycles. The van der Waals surface area contributed by atoms with E-state index in [1.807, 2.05) is 0 Å². The Morgan fingerprint density at radius 3 is 1.89 bits per heavy atom. The molecule has 12 N–H and O–H groups in total. The Balaban J connectivity index is 0.000000705. The molecule has 1 saturated heterocycles. The zero-order valence-corrected chi connectivity index (χ0v) is 21.0. The average molecular weight is 573 g/mol. The van der Waals surface area contributed by atoms with Gasteiger partial charge >= 0.3 is 19.8 Å². The minimum absolute atomic E-state index is 0.164. The number of aliphatic carboxylic acids is 2. The summed E-state index contributed by atoms with van der Waals surface area (Å²) in [5.74, 6) is -3.79. The minimum Gasteiger partial charge on any atom is -0.545 e. The molecule has 0 bridgehead atoms. The lowest BCUT2D eigenvalue weighted by Crippen LogP contribution is -2.46. The molecule has 38 heavy (non-hydrogen) atoms. The second-order valence-electron chi connectivity index (χ2n) is 7.87. The molecule has 0 aromatic carbocycles. The Hall–Kier alpha value is -2.61. The van der Waals surface area contributed by atoms with Gasteiger partial charge < -0.3 is 66.5 Å². The average Bonchev–Trinajstić information content (AvgIpc) is 3.10. The predicted molar refractivity (Wildman–Crippen MR) is 119 cm³/mol. The van der Waals surface area contributed by atoms with Gasteiger partial charge in [0.2, 0.25) is 0 Å². The Morgan fingerprint density at radius 2 is 1.55 bits per heavy atom. The van der Waals surface area contributed by atoms with Crippen molar-refractivity contribution in [2.24, 2.45) is 11.5 Å². The molecule has 0 aliphatic carbocycles. The molecule has 0 amide bonds. The fourth-order valence-corrected chi connectivity index (χ4v) is 2.81. The number of hydrogen-bond acceptors (Lipinski definition) is 13. The van der Waals surface area contributed by atoms with Gasteiger partial charge in [0.15, 0.2) is 18.5 Å². The molecule has 1 aliphatic heterocycles. The highest BCUT2D eigenvalue weighted by Crippen LogP contribution is 2.37. The minimum atomic E-state index is -4.74. The highest BCUT2D eigenvalue weighted by molar-refractivity contribution is 7.46. The van der Waals surface area contributed by atoms with Crippen molar-refractivity contribution >= 4 is 25.7 Å². The first-order chi connectivity index (χ1) is 17.3. The van der Waals surface area contributed by atoms with Crippen molar-refractivity contribution in [3.8, 4) is 0 Å². The maximum absolute atomic E-state index is 10.8. The number of carbonyl (C=O) groups excluding carboxylic acids is 1. The summed E-state index contributed by atoms with van der Waals surface area (Å²) in [4.78, 5) is 47.8. The van der Waals surface area contributed by atoms with Crippen LogP contribution in [0, 0.1) is 0 Å². The Morgan fingerprint density at radius 1 is 1.08 bits per heavy atom. The smallest absolute Gasteiger partial charge is 0.469 e. The third-order valence-corrected chi connectivity index (χ3v) is 5.19. The molecule has 1 aromatic rings. The highest BCUT2D eigenvalue weighted by Gasteiger charge is 2.48. The van der Waals surface area contributed by atoms with Crippen LogP contribution in [0.5, 0.6) is 0 Å². The molecule has 218 valence electrons. The van der Waals surface area contributed by atoms with E-state index in [2.05, 4.69) is 4.52 Å². The van der Waals surface area contributed by atoms with Gasteiger partial charge in [-0.15, -0.1) is 0 Å². The van der Waals surface area contributed by atoms with E-state index in [4.69, 9.17) is 46.4 Å². The number of pyridine rings is 1. The van der Waals surface area contributed by atoms with Gasteiger partial charge in [0.1, 0.15) is 24.3 Å². The first kappa shape index (κ1) is 35.4. The molecular weight excluding hydrogens is 541 g/mol. The first-order valence-corrected chi connectivity index (χ1v) is 12.1. The van der Waals surface area contributed by atoms with Crippen LogP contribution >= 0.6 is 7.82 Å². The molecule has 4 unspecified atom stereocenters. The maximum atomic E-state index is 10.8. The van der Waals surface area contributed by atoms with Gasteiger partial charge in [-0.1, -0.05) is 0 Å². The number of nitrogens with two attached hydrogens (primary N) is 2. The molecule has 1 aromatic heterocycles. The highest BCUT2D eigenvalue weighted by atomic mass is 31.2. The number of aliphatic hydroxyl groups excluding tert-OH is 4. The van der Waals surface area contributed by atoms with Crippen LogP contribution in [0.4, 0.5) is 0 Å². The van der Waals surface area contributed by atoms with Crippen LogP contribution in [0.15, 0.2) is 24.5 Å². The van der Waals surface area contributed by atoms with Gasteiger partial charge in [0.25, 0.3) is 6.23 Å². The van der Waals surface area contributed by atoms with E-state index < -0.39 is 81.2 Å². The summed E-state index contributed by atoms with van der Waals surface area (Å²) >= 11 is 0. The van der Waals surface area contributed by atoms with E-state index in [9.17, 15) is 34.3 Å². The van der Waals surface area contributed by atoms with Crippen molar-refractivity contribution in [1.82, 2.24) is 0 Å². The molecule has 19 heteroatoms. The van der Waals surface area contributed by atoms with Crippen molar-refractivity contribution in [1.29, 1.82) is 0 Å². The van der Waals surface area contributed by atoms with Gasteiger partial charge in [-0.3, -0.25) is 14.1 Å². The topological polar surface area (TPSA) is 328 Å². The zero-order valence-electron chi connectivity index (χ0n) is 20.1. The van der Waals surface area contributed by atoms with Gasteiger partial charge in [-0.25, -0.2) is 4.57 Å². The number of carboxylic acids is 3. The van der Waals surface area contributed by atoms with E-state index >= 15 is 0 Å². The quantitative estimate of drug-likeness (QED) is 0.0973. The molecule has 2 heterocycles. The number of aromatic carboxylic acids is 1. The molecular formula is C19H32N3O15P. The van der Waals surface area contributed by atoms with E-state index in [1.54, 1.807) is 0 Å². The fourth-order valence-electron chi connectivity index (χ4n) is 2.47. The summed E-state index contributed by atoms with van der Waals surface area (Å²) in [6.45, 7) is 2.03. The van der Waals surface area contributed by atoms with Crippen molar-refractivity contribution in [3.63, 3.8) is 0 Å². The van der Waals surface area contributed by atoms with Crippen LogP contribution in [0.1, 0.15) is 30.4 Å². The fraction of sp³-hybridized carbons (Fsp3) is 0.579. The van der Waals surface area contributed by atoms with Gasteiger partial charge in [0, 0.05) is 6.07 Å². The van der Waals surface area contributed by atoms with Gasteiger partial charge in [-0.05, 0) is 19.9 Å². The van der Waals surface area contributed by atoms with Gasteiger partial charge in [0.05, 0.1) is 30.3 Å². The molecule has 0 radical (unpaired) electrons. The number of rotatable bonds is 9. The van der Waals surface area contributed by atoms with E-state index in [0.29, 0.717) is 0 Å². The SMILES string of the molecule is CC(O)C(N)C(=O)O.CC(O)C(N)C(=O)O.O=C([O-])c1ccc[n+]([C@@H]2O[C@H](COP(=O)(O)O)[C@@H](O)[C@H]2O)c1. The largest absolute Gasteiger partial charge is 0.545 e. The van der Waals surface area contributed by atoms with E-state index in [0.717, 1.165) is 6.20 Å². The maximum Gasteiger partial charge on any atom is 0.469 e. The molecule has 1 fully saturated rings. The Kier molecular flexibility index (Phi) is 14.6. The molecule has 0 spiro atoms. The van der Waals surface area contributed by atoms with Crippen LogP contribution in [0.25, 0.3) is 0 Å². The first-order valence-electron chi connectivity index (χ1n) is 10.6. The van der Waals surface area contributed by atoms with Crippen molar-refractivity contribution in [2.45, 2.75) is 62.7 Å². The predicted octanol–water partition coefficient (Wildman–Crippen LogP) is -5.38. The Bertz CT molecular complexity index is 948. The van der Waals surface area contributed by atoms with Crippen LogP contribution in [-0.2, 0) is 23.4 Å². The number of carboxylic acid groups (broad SMARTS) is 3. The lowest BCUT2D eigenvalue weighted by atomic mass is 10.1. The van der Waals surface area contributed by atoms with E-state index in [1.165, 1.54) is 36.7 Å². The summed E-state index contributed by atoms with van der Waals surface area (Å²) in [5.41, 5.74) is 9.66. The number of hydrogen-bond donors (Lipinski definition) is 10. The second-order valence-corrected chi connectivity index (χ2v) is 9.11. The third-order valence-electron chi connectivity index (χ3n) is 4.71. The summed E-state index contributed by atoms with van der Waals surface area (Å²) < 4.78 is 21.4. The van der Waals surface area contributed by atoms with Crippen LogP contribution < -0.4 is 21.1 Å². The third kappa shape index (κ3) is 12.3. The monoisotopic (exact) mass is 573 g/mol. The molecule has 8 atom stereocenters. The number of nitrogens with zero attached hydrogens (tertiary/aromatic N) is 1. The summed E-state index contributed by atoms with van der Waals surface area (Å²) in [7, 11) is -4.74.